The predicted molar refractivity (Wildman–Crippen MR) is 77.8 cm³/mol. The van der Waals surface area contributed by atoms with Crippen LogP contribution in [0.1, 0.15) is 18.7 Å². The van der Waals surface area contributed by atoms with Crippen molar-refractivity contribution in [2.24, 2.45) is 0 Å². The Kier molecular flexibility index (Phi) is 5.24. The fourth-order valence-corrected chi connectivity index (χ4v) is 2.50. The van der Waals surface area contributed by atoms with Gasteiger partial charge in [0.05, 0.1) is 5.69 Å². The molecule has 0 spiro atoms. The van der Waals surface area contributed by atoms with Gasteiger partial charge < -0.3 is 5.32 Å². The van der Waals surface area contributed by atoms with E-state index in [4.69, 9.17) is 0 Å². The number of nitrogens with one attached hydrogen (secondary N) is 1. The molecule has 94 valence electrons. The second kappa shape index (κ2) is 7.19. The largest absolute Gasteiger partial charge is 0.308 e. The lowest BCUT2D eigenvalue weighted by Gasteiger charge is -2.12. The highest BCUT2D eigenvalue weighted by Gasteiger charge is 2.04. The molecule has 0 amide bonds. The molecule has 18 heavy (non-hydrogen) atoms. The zero-order valence-corrected chi connectivity index (χ0v) is 11.4. The zero-order chi connectivity index (χ0) is 12.6. The van der Waals surface area contributed by atoms with E-state index in [0.717, 1.165) is 18.0 Å². The van der Waals surface area contributed by atoms with Crippen LogP contribution in [0.15, 0.2) is 59.6 Å². The summed E-state index contributed by atoms with van der Waals surface area (Å²) in [4.78, 5) is 5.67. The summed E-state index contributed by atoms with van der Waals surface area (Å²) in [5.74, 6) is 1.07. The molecule has 0 radical (unpaired) electrons. The molecule has 1 atom stereocenters. The Morgan fingerprint density at radius 2 is 1.89 bits per heavy atom. The van der Waals surface area contributed by atoms with Crippen molar-refractivity contribution in [3.63, 3.8) is 0 Å². The summed E-state index contributed by atoms with van der Waals surface area (Å²) in [6.07, 6.45) is 1.84. The molecule has 2 aromatic rings. The maximum atomic E-state index is 4.35. The first-order chi connectivity index (χ1) is 8.86. The monoisotopic (exact) mass is 258 g/mol. The lowest BCUT2D eigenvalue weighted by atomic mass is 10.2. The van der Waals surface area contributed by atoms with Gasteiger partial charge in [-0.25, -0.2) is 0 Å². The predicted octanol–water partition coefficient (Wildman–Crippen LogP) is 3.52. The van der Waals surface area contributed by atoms with Crippen LogP contribution in [-0.2, 0) is 0 Å². The number of hydrogen-bond donors (Lipinski definition) is 1. The van der Waals surface area contributed by atoms with Crippen LogP contribution in [0.3, 0.4) is 0 Å². The maximum absolute atomic E-state index is 4.35. The third-order valence-electron chi connectivity index (χ3n) is 2.70. The van der Waals surface area contributed by atoms with E-state index < -0.39 is 0 Å². The first kappa shape index (κ1) is 13.1. The van der Waals surface area contributed by atoms with Gasteiger partial charge in [-0.05, 0) is 31.2 Å². The van der Waals surface area contributed by atoms with Crippen LogP contribution in [0.2, 0.25) is 0 Å². The molecule has 0 aliphatic rings. The molecule has 0 fully saturated rings. The summed E-state index contributed by atoms with van der Waals surface area (Å²) in [6, 6.07) is 16.8. The highest BCUT2D eigenvalue weighted by atomic mass is 32.2. The average Bonchev–Trinajstić information content (AvgIpc) is 2.45. The molecule has 0 saturated heterocycles. The van der Waals surface area contributed by atoms with Gasteiger partial charge in [-0.3, -0.25) is 4.98 Å². The molecule has 3 heteroatoms. The van der Waals surface area contributed by atoms with Gasteiger partial charge in [-0.2, -0.15) is 0 Å². The number of rotatable bonds is 6. The summed E-state index contributed by atoms with van der Waals surface area (Å²) < 4.78 is 0. The molecule has 2 nitrogen and oxygen atoms in total. The number of benzene rings is 1. The van der Waals surface area contributed by atoms with Crippen LogP contribution >= 0.6 is 11.8 Å². The van der Waals surface area contributed by atoms with Crippen molar-refractivity contribution in [2.45, 2.75) is 17.9 Å². The number of aromatic nitrogens is 1. The van der Waals surface area contributed by atoms with E-state index in [2.05, 4.69) is 47.6 Å². The Labute approximate surface area is 113 Å². The molecular formula is C15H18N2S. The molecule has 2 rings (SSSR count). The molecule has 0 unspecified atom stereocenters. The molecule has 1 aromatic carbocycles. The third-order valence-corrected chi connectivity index (χ3v) is 3.71. The minimum absolute atomic E-state index is 0.308. The lowest BCUT2D eigenvalue weighted by molar-refractivity contribution is 0.586. The van der Waals surface area contributed by atoms with Gasteiger partial charge in [0.25, 0.3) is 0 Å². The van der Waals surface area contributed by atoms with E-state index in [9.17, 15) is 0 Å². The van der Waals surface area contributed by atoms with Gasteiger partial charge in [0.15, 0.2) is 0 Å². The molecule has 0 aliphatic carbocycles. The second-order valence-corrected chi connectivity index (χ2v) is 5.26. The Morgan fingerprint density at radius 1 is 1.11 bits per heavy atom. The summed E-state index contributed by atoms with van der Waals surface area (Å²) in [7, 11) is 0. The van der Waals surface area contributed by atoms with Crippen LogP contribution in [0.25, 0.3) is 0 Å². The van der Waals surface area contributed by atoms with E-state index >= 15 is 0 Å². The summed E-state index contributed by atoms with van der Waals surface area (Å²) in [6.45, 7) is 3.13. The molecule has 0 aliphatic heterocycles. The van der Waals surface area contributed by atoms with Crippen LogP contribution in [0.5, 0.6) is 0 Å². The average molecular weight is 258 g/mol. The zero-order valence-electron chi connectivity index (χ0n) is 10.5. The highest BCUT2D eigenvalue weighted by Crippen LogP contribution is 2.16. The SMILES string of the molecule is C[C@H](NCCSc1ccccc1)c1ccccn1. The highest BCUT2D eigenvalue weighted by molar-refractivity contribution is 7.99. The van der Waals surface area contributed by atoms with Crippen molar-refractivity contribution in [3.8, 4) is 0 Å². The summed E-state index contributed by atoms with van der Waals surface area (Å²) in [5.41, 5.74) is 1.10. The van der Waals surface area contributed by atoms with E-state index in [1.807, 2.05) is 36.2 Å². The van der Waals surface area contributed by atoms with Crippen molar-refractivity contribution < 1.29 is 0 Å². The van der Waals surface area contributed by atoms with Crippen molar-refractivity contribution in [3.05, 3.63) is 60.4 Å². The van der Waals surface area contributed by atoms with Crippen molar-refractivity contribution in [1.82, 2.24) is 10.3 Å². The van der Waals surface area contributed by atoms with Gasteiger partial charge in [0, 0.05) is 29.4 Å². The van der Waals surface area contributed by atoms with Crippen LogP contribution < -0.4 is 5.32 Å². The quantitative estimate of drug-likeness (QED) is 0.634. The van der Waals surface area contributed by atoms with Crippen molar-refractivity contribution in [2.75, 3.05) is 12.3 Å². The number of pyridine rings is 1. The molecule has 1 heterocycles. The molecule has 0 bridgehead atoms. The maximum Gasteiger partial charge on any atom is 0.0570 e. The first-order valence-corrected chi connectivity index (χ1v) is 7.17. The topological polar surface area (TPSA) is 24.9 Å². The van der Waals surface area contributed by atoms with Crippen molar-refractivity contribution in [1.29, 1.82) is 0 Å². The van der Waals surface area contributed by atoms with Crippen LogP contribution in [0, 0.1) is 0 Å². The molecule has 0 saturated carbocycles. The minimum atomic E-state index is 0.308. The van der Waals surface area contributed by atoms with E-state index in [1.165, 1.54) is 4.90 Å². The summed E-state index contributed by atoms with van der Waals surface area (Å²) in [5, 5.41) is 3.49. The van der Waals surface area contributed by atoms with E-state index in [-0.39, 0.29) is 0 Å². The van der Waals surface area contributed by atoms with Gasteiger partial charge in [0.1, 0.15) is 0 Å². The van der Waals surface area contributed by atoms with Crippen LogP contribution in [-0.4, -0.2) is 17.3 Å². The number of hydrogen-bond acceptors (Lipinski definition) is 3. The Morgan fingerprint density at radius 3 is 2.61 bits per heavy atom. The van der Waals surface area contributed by atoms with Gasteiger partial charge >= 0.3 is 0 Å². The number of thioether (sulfide) groups is 1. The molecule has 1 aromatic heterocycles. The fraction of sp³-hybridized carbons (Fsp3) is 0.267. The smallest absolute Gasteiger partial charge is 0.0570 e. The Hall–Kier alpha value is -1.32. The fourth-order valence-electron chi connectivity index (χ4n) is 1.70. The van der Waals surface area contributed by atoms with Gasteiger partial charge in [-0.15, -0.1) is 11.8 Å². The standard InChI is InChI=1S/C15H18N2S/c1-13(15-9-5-6-10-17-15)16-11-12-18-14-7-3-2-4-8-14/h2-10,13,16H,11-12H2,1H3/t13-/m0/s1. The summed E-state index contributed by atoms with van der Waals surface area (Å²) >= 11 is 1.87. The van der Waals surface area contributed by atoms with E-state index in [0.29, 0.717) is 6.04 Å². The molecule has 1 N–H and O–H groups in total. The normalized spacial score (nSPS) is 12.3. The van der Waals surface area contributed by atoms with Gasteiger partial charge in [0.2, 0.25) is 0 Å². The van der Waals surface area contributed by atoms with E-state index in [1.54, 1.807) is 0 Å². The first-order valence-electron chi connectivity index (χ1n) is 6.18. The Balaban J connectivity index is 1.70. The second-order valence-electron chi connectivity index (χ2n) is 4.09. The van der Waals surface area contributed by atoms with Crippen molar-refractivity contribution >= 4 is 11.8 Å². The third kappa shape index (κ3) is 4.17. The van der Waals surface area contributed by atoms with Gasteiger partial charge in [-0.1, -0.05) is 24.3 Å². The molecular weight excluding hydrogens is 240 g/mol. The number of nitrogens with zero attached hydrogens (tertiary/aromatic N) is 1. The minimum Gasteiger partial charge on any atom is -0.308 e. The Bertz CT molecular complexity index is 445. The lowest BCUT2D eigenvalue weighted by Crippen LogP contribution is -2.22. The van der Waals surface area contributed by atoms with Crippen LogP contribution in [0.4, 0.5) is 0 Å².